The van der Waals surface area contributed by atoms with E-state index in [1.807, 2.05) is 0 Å². The summed E-state index contributed by atoms with van der Waals surface area (Å²) >= 11 is 0. The summed E-state index contributed by atoms with van der Waals surface area (Å²) in [5, 5.41) is 0. The average Bonchev–Trinajstić information content (AvgIpc) is 3.13. The third kappa shape index (κ3) is 3.04. The molecule has 2 aliphatic heterocycles. The van der Waals surface area contributed by atoms with Crippen LogP contribution in [-0.4, -0.2) is 61.5 Å². The lowest BCUT2D eigenvalue weighted by Crippen LogP contribution is -2.57. The number of nitrogens with zero attached hydrogens (tertiary/aromatic N) is 5. The summed E-state index contributed by atoms with van der Waals surface area (Å²) in [7, 11) is 0. The molecule has 10 nitrogen and oxygen atoms in total. The fraction of sp³-hybridized carbons (Fsp3) is 0.222. The molecule has 10 heteroatoms. The number of esters is 1. The van der Waals surface area contributed by atoms with Crippen LogP contribution in [0.2, 0.25) is 0 Å². The van der Waals surface area contributed by atoms with Crippen LogP contribution in [0.3, 0.4) is 0 Å². The second-order valence-electron chi connectivity index (χ2n) is 6.23. The molecule has 4 rings (SSSR count). The lowest BCUT2D eigenvalue weighted by Gasteiger charge is -2.40. The number of pyridine rings is 1. The van der Waals surface area contributed by atoms with Crippen molar-refractivity contribution in [1.82, 2.24) is 24.8 Å². The van der Waals surface area contributed by atoms with Gasteiger partial charge in [0.25, 0.3) is 5.91 Å². The number of amides is 3. The molecule has 0 aliphatic carbocycles. The molecule has 0 saturated carbocycles. The van der Waals surface area contributed by atoms with Crippen molar-refractivity contribution in [3.63, 3.8) is 0 Å². The number of urea groups is 1. The van der Waals surface area contributed by atoms with Crippen molar-refractivity contribution in [1.29, 1.82) is 0 Å². The molecule has 1 saturated heterocycles. The fourth-order valence-electron chi connectivity index (χ4n) is 3.40. The largest absolute Gasteiger partial charge is 0.453 e. The first-order valence-corrected chi connectivity index (χ1v) is 8.55. The Balaban J connectivity index is 1.67. The van der Waals surface area contributed by atoms with Crippen molar-refractivity contribution < 1.29 is 19.1 Å². The van der Waals surface area contributed by atoms with Crippen LogP contribution in [0.25, 0.3) is 5.70 Å². The van der Waals surface area contributed by atoms with Crippen molar-refractivity contribution in [2.24, 2.45) is 5.73 Å². The van der Waals surface area contributed by atoms with Crippen molar-refractivity contribution in [2.45, 2.75) is 18.7 Å². The zero-order valence-electron chi connectivity index (χ0n) is 14.6. The van der Waals surface area contributed by atoms with Crippen LogP contribution in [0.5, 0.6) is 0 Å². The Morgan fingerprint density at radius 1 is 1.18 bits per heavy atom. The normalized spacial score (nSPS) is 21.1. The van der Waals surface area contributed by atoms with Gasteiger partial charge in [0.15, 0.2) is 6.17 Å². The van der Waals surface area contributed by atoms with E-state index in [1.54, 1.807) is 18.2 Å². The maximum atomic E-state index is 12.6. The lowest BCUT2D eigenvalue weighted by atomic mass is 10.1. The minimum Gasteiger partial charge on any atom is -0.453 e. The Bertz CT molecular complexity index is 949. The molecule has 0 aromatic carbocycles. The maximum absolute atomic E-state index is 12.6. The first kappa shape index (κ1) is 17.6. The van der Waals surface area contributed by atoms with E-state index < -0.39 is 24.3 Å². The van der Waals surface area contributed by atoms with Gasteiger partial charge in [-0.2, -0.15) is 0 Å². The van der Waals surface area contributed by atoms with Crippen LogP contribution < -0.4 is 5.73 Å². The number of aromatic nitrogens is 3. The Morgan fingerprint density at radius 2 is 2.04 bits per heavy atom. The molecule has 2 aromatic rings. The van der Waals surface area contributed by atoms with Gasteiger partial charge in [0.05, 0.1) is 11.4 Å². The number of hydrogen-bond acceptors (Lipinski definition) is 7. The molecule has 4 heterocycles. The number of carbonyl (C=O) groups is 3. The zero-order chi connectivity index (χ0) is 19.7. The van der Waals surface area contributed by atoms with E-state index in [0.717, 1.165) is 0 Å². The van der Waals surface area contributed by atoms with Crippen LogP contribution >= 0.6 is 0 Å². The second kappa shape index (κ2) is 7.06. The van der Waals surface area contributed by atoms with Crippen molar-refractivity contribution >= 4 is 23.6 Å². The summed E-state index contributed by atoms with van der Waals surface area (Å²) in [6.07, 6.45) is 4.33. The molecular formula is C18H16N6O4. The van der Waals surface area contributed by atoms with Crippen LogP contribution in [0, 0.1) is 0 Å². The minimum atomic E-state index is -0.854. The van der Waals surface area contributed by atoms with E-state index in [-0.39, 0.29) is 17.3 Å². The number of hydrogen-bond donors (Lipinski definition) is 1. The molecule has 142 valence electrons. The molecule has 2 unspecified atom stereocenters. The molecular weight excluding hydrogens is 364 g/mol. The van der Waals surface area contributed by atoms with Crippen molar-refractivity contribution in [3.8, 4) is 0 Å². The quantitative estimate of drug-likeness (QED) is 0.762. The number of nitrogens with two attached hydrogens (primary N) is 1. The molecule has 2 N–H and O–H groups in total. The first-order valence-electron chi connectivity index (χ1n) is 8.55. The van der Waals surface area contributed by atoms with E-state index in [2.05, 4.69) is 15.0 Å². The molecule has 1 fully saturated rings. The summed E-state index contributed by atoms with van der Waals surface area (Å²) in [6, 6.07) is 5.66. The first-order chi connectivity index (χ1) is 13.6. The predicted molar refractivity (Wildman–Crippen MR) is 95.0 cm³/mol. The van der Waals surface area contributed by atoms with Gasteiger partial charge >= 0.3 is 12.0 Å². The second-order valence-corrected chi connectivity index (χ2v) is 6.23. The molecule has 3 amide bonds. The summed E-state index contributed by atoms with van der Waals surface area (Å²) in [5.41, 5.74) is 6.35. The van der Waals surface area contributed by atoms with E-state index in [1.165, 1.54) is 40.7 Å². The average molecular weight is 380 g/mol. The molecule has 2 aromatic heterocycles. The van der Waals surface area contributed by atoms with Gasteiger partial charge in [-0.1, -0.05) is 6.07 Å². The van der Waals surface area contributed by atoms with Crippen molar-refractivity contribution in [2.75, 3.05) is 6.54 Å². The zero-order valence-corrected chi connectivity index (χ0v) is 14.6. The third-order valence-corrected chi connectivity index (χ3v) is 4.59. The molecule has 0 radical (unpaired) electrons. The van der Waals surface area contributed by atoms with Crippen LogP contribution in [-0.2, 0) is 9.53 Å². The number of primary amides is 1. The summed E-state index contributed by atoms with van der Waals surface area (Å²) in [6.45, 7) is 0.320. The van der Waals surface area contributed by atoms with Gasteiger partial charge in [0.2, 0.25) is 0 Å². The molecule has 2 atom stereocenters. The molecule has 0 bridgehead atoms. The molecule has 2 aliphatic rings. The Labute approximate surface area is 159 Å². The molecule has 0 spiro atoms. The van der Waals surface area contributed by atoms with Gasteiger partial charge in [-0.25, -0.2) is 24.5 Å². The van der Waals surface area contributed by atoms with Gasteiger partial charge in [0.1, 0.15) is 18.1 Å². The summed E-state index contributed by atoms with van der Waals surface area (Å²) < 4.78 is 5.58. The fourth-order valence-corrected chi connectivity index (χ4v) is 3.40. The highest BCUT2D eigenvalue weighted by Gasteiger charge is 2.48. The smallest absolute Gasteiger partial charge is 0.357 e. The summed E-state index contributed by atoms with van der Waals surface area (Å²) in [5.74, 6) is -0.949. The van der Waals surface area contributed by atoms with E-state index in [4.69, 9.17) is 10.5 Å². The van der Waals surface area contributed by atoms with E-state index in [0.29, 0.717) is 18.7 Å². The monoisotopic (exact) mass is 380 g/mol. The highest BCUT2D eigenvalue weighted by atomic mass is 16.5. The standard InChI is InChI=1S/C18H16N6O4/c19-18(27)24-13(11-4-7-20-10-22-11)9-15(25)23-8-5-14(16(23)24)28-17(26)12-3-1-2-6-21-12/h1-4,6-7,9-10,14,16H,5,8H2,(H2,19,27). The van der Waals surface area contributed by atoms with Gasteiger partial charge in [-0.15, -0.1) is 0 Å². The molecule has 28 heavy (non-hydrogen) atoms. The van der Waals surface area contributed by atoms with Gasteiger partial charge in [-0.05, 0) is 18.2 Å². The van der Waals surface area contributed by atoms with E-state index >= 15 is 0 Å². The SMILES string of the molecule is NC(=O)N1C(c2ccncn2)=CC(=O)N2CCC(OC(=O)c3ccccn3)C21. The predicted octanol–water partition coefficient (Wildman–Crippen LogP) is 0.391. The number of ether oxygens (including phenoxy) is 1. The van der Waals surface area contributed by atoms with Gasteiger partial charge in [-0.3, -0.25) is 9.69 Å². The third-order valence-electron chi connectivity index (χ3n) is 4.59. The Hall–Kier alpha value is -3.82. The van der Waals surface area contributed by atoms with Gasteiger partial charge in [0, 0.05) is 31.4 Å². The van der Waals surface area contributed by atoms with Gasteiger partial charge < -0.3 is 15.4 Å². The van der Waals surface area contributed by atoms with Crippen LogP contribution in [0.1, 0.15) is 22.6 Å². The summed E-state index contributed by atoms with van der Waals surface area (Å²) in [4.78, 5) is 51.9. The topological polar surface area (TPSA) is 132 Å². The number of carbonyl (C=O) groups excluding carboxylic acids is 3. The van der Waals surface area contributed by atoms with Crippen LogP contribution in [0.15, 0.2) is 49.1 Å². The highest BCUT2D eigenvalue weighted by Crippen LogP contribution is 2.34. The number of fused-ring (bicyclic) bond motifs is 1. The van der Waals surface area contributed by atoms with Crippen LogP contribution in [0.4, 0.5) is 4.79 Å². The Morgan fingerprint density at radius 3 is 2.71 bits per heavy atom. The van der Waals surface area contributed by atoms with E-state index in [9.17, 15) is 14.4 Å². The van der Waals surface area contributed by atoms with Crippen molar-refractivity contribution in [3.05, 3.63) is 60.5 Å². The minimum absolute atomic E-state index is 0.139. The lowest BCUT2D eigenvalue weighted by molar-refractivity contribution is -0.131. The Kier molecular flexibility index (Phi) is 4.44. The number of rotatable bonds is 3. The highest BCUT2D eigenvalue weighted by molar-refractivity contribution is 6.00. The maximum Gasteiger partial charge on any atom is 0.357 e.